The SMILES string of the molecule is CCc1c(C(=O)NCc2ccc3c(c2)CCC3)[nH]c(C)c1C(C)=O. The van der Waals surface area contributed by atoms with Crippen LogP contribution < -0.4 is 5.32 Å². The summed E-state index contributed by atoms with van der Waals surface area (Å²) in [5.41, 5.74) is 6.71. The van der Waals surface area contributed by atoms with Gasteiger partial charge in [0, 0.05) is 17.8 Å². The molecule has 3 rings (SSSR count). The molecule has 1 aliphatic rings. The number of hydrogen-bond acceptors (Lipinski definition) is 2. The first-order chi connectivity index (χ1) is 11.5. The van der Waals surface area contributed by atoms with Crippen LogP contribution in [-0.4, -0.2) is 16.7 Å². The summed E-state index contributed by atoms with van der Waals surface area (Å²) in [4.78, 5) is 27.5. The fraction of sp³-hybridized carbons (Fsp3) is 0.400. The summed E-state index contributed by atoms with van der Waals surface area (Å²) in [7, 11) is 0. The lowest BCUT2D eigenvalue weighted by Gasteiger charge is -2.08. The predicted molar refractivity (Wildman–Crippen MR) is 94.5 cm³/mol. The Morgan fingerprint density at radius 2 is 1.96 bits per heavy atom. The number of hydrogen-bond donors (Lipinski definition) is 2. The van der Waals surface area contributed by atoms with Gasteiger partial charge in [0.1, 0.15) is 5.69 Å². The van der Waals surface area contributed by atoms with Gasteiger partial charge in [0.2, 0.25) is 0 Å². The van der Waals surface area contributed by atoms with E-state index in [0.29, 0.717) is 24.2 Å². The van der Waals surface area contributed by atoms with Gasteiger partial charge in [-0.1, -0.05) is 25.1 Å². The number of fused-ring (bicyclic) bond motifs is 1. The van der Waals surface area contributed by atoms with Gasteiger partial charge >= 0.3 is 0 Å². The molecular formula is C20H24N2O2. The van der Waals surface area contributed by atoms with Crippen LogP contribution in [0.25, 0.3) is 0 Å². The summed E-state index contributed by atoms with van der Waals surface area (Å²) < 4.78 is 0. The van der Waals surface area contributed by atoms with E-state index in [-0.39, 0.29) is 11.7 Å². The predicted octanol–water partition coefficient (Wildman–Crippen LogP) is 3.51. The Bertz CT molecular complexity index is 802. The maximum absolute atomic E-state index is 12.6. The summed E-state index contributed by atoms with van der Waals surface area (Å²) in [6.07, 6.45) is 4.17. The van der Waals surface area contributed by atoms with E-state index in [4.69, 9.17) is 0 Å². The number of ketones is 1. The molecule has 1 heterocycles. The summed E-state index contributed by atoms with van der Waals surface area (Å²) in [5, 5.41) is 2.98. The second-order valence-corrected chi connectivity index (χ2v) is 6.53. The molecule has 1 amide bonds. The smallest absolute Gasteiger partial charge is 0.268 e. The van der Waals surface area contributed by atoms with Crippen LogP contribution in [0.2, 0.25) is 0 Å². The first-order valence-electron chi connectivity index (χ1n) is 8.62. The van der Waals surface area contributed by atoms with Crippen molar-refractivity contribution in [3.63, 3.8) is 0 Å². The van der Waals surface area contributed by atoms with E-state index >= 15 is 0 Å². The minimum Gasteiger partial charge on any atom is -0.354 e. The maximum atomic E-state index is 12.6. The molecule has 0 bridgehead atoms. The lowest BCUT2D eigenvalue weighted by atomic mass is 10.0. The molecule has 0 radical (unpaired) electrons. The number of benzene rings is 1. The Hall–Kier alpha value is -2.36. The highest BCUT2D eigenvalue weighted by Gasteiger charge is 2.21. The lowest BCUT2D eigenvalue weighted by Crippen LogP contribution is -2.24. The van der Waals surface area contributed by atoms with Crippen LogP contribution in [0.15, 0.2) is 18.2 Å². The minimum absolute atomic E-state index is 0.00160. The Labute approximate surface area is 142 Å². The van der Waals surface area contributed by atoms with Crippen LogP contribution in [0.1, 0.15) is 69.1 Å². The number of carbonyl (C=O) groups is 2. The van der Waals surface area contributed by atoms with E-state index in [1.165, 1.54) is 17.5 Å². The van der Waals surface area contributed by atoms with Gasteiger partial charge in [0.05, 0.1) is 0 Å². The Morgan fingerprint density at radius 3 is 2.67 bits per heavy atom. The van der Waals surface area contributed by atoms with Crippen molar-refractivity contribution in [1.29, 1.82) is 0 Å². The van der Waals surface area contributed by atoms with Crippen molar-refractivity contribution >= 4 is 11.7 Å². The number of aromatic amines is 1. The summed E-state index contributed by atoms with van der Waals surface area (Å²) in [6.45, 7) is 5.85. The van der Waals surface area contributed by atoms with Crippen LogP contribution in [0.3, 0.4) is 0 Å². The minimum atomic E-state index is -0.150. The first-order valence-corrected chi connectivity index (χ1v) is 8.62. The molecular weight excluding hydrogens is 300 g/mol. The Morgan fingerprint density at radius 1 is 1.21 bits per heavy atom. The largest absolute Gasteiger partial charge is 0.354 e. The number of aromatic nitrogens is 1. The third-order valence-electron chi connectivity index (χ3n) is 4.84. The summed E-state index contributed by atoms with van der Waals surface area (Å²) in [5.74, 6) is -0.152. The number of H-pyrrole nitrogens is 1. The lowest BCUT2D eigenvalue weighted by molar-refractivity contribution is 0.0945. The molecule has 0 saturated carbocycles. The second-order valence-electron chi connectivity index (χ2n) is 6.53. The molecule has 0 spiro atoms. The second kappa shape index (κ2) is 6.63. The van der Waals surface area contributed by atoms with Crippen molar-refractivity contribution in [2.45, 2.75) is 53.0 Å². The fourth-order valence-electron chi connectivity index (χ4n) is 3.71. The van der Waals surface area contributed by atoms with Crippen molar-refractivity contribution in [2.75, 3.05) is 0 Å². The van der Waals surface area contributed by atoms with Crippen LogP contribution in [0.5, 0.6) is 0 Å². The number of Topliss-reactive ketones (excluding diaryl/α,β-unsaturated/α-hetero) is 1. The topological polar surface area (TPSA) is 62.0 Å². The van der Waals surface area contributed by atoms with E-state index < -0.39 is 0 Å². The fourth-order valence-corrected chi connectivity index (χ4v) is 3.71. The van der Waals surface area contributed by atoms with E-state index in [1.54, 1.807) is 6.92 Å². The van der Waals surface area contributed by atoms with Crippen LogP contribution in [-0.2, 0) is 25.8 Å². The standard InChI is InChI=1S/C20H24N2O2/c1-4-17-18(13(3)23)12(2)22-19(17)20(24)21-11-14-8-9-15-6-5-7-16(15)10-14/h8-10,22H,4-7,11H2,1-3H3,(H,21,24). The molecule has 0 saturated heterocycles. The average molecular weight is 324 g/mol. The maximum Gasteiger partial charge on any atom is 0.268 e. The third kappa shape index (κ3) is 3.01. The van der Waals surface area contributed by atoms with Gasteiger partial charge in [0.15, 0.2) is 5.78 Å². The molecule has 126 valence electrons. The van der Waals surface area contributed by atoms with Crippen LogP contribution >= 0.6 is 0 Å². The van der Waals surface area contributed by atoms with Crippen LogP contribution in [0.4, 0.5) is 0 Å². The zero-order chi connectivity index (χ0) is 17.3. The van der Waals surface area contributed by atoms with Crippen LogP contribution in [0, 0.1) is 6.92 Å². The normalized spacial score (nSPS) is 13.0. The van der Waals surface area contributed by atoms with Gasteiger partial charge in [0.25, 0.3) is 5.91 Å². The van der Waals surface area contributed by atoms with Crippen molar-refractivity contribution in [2.24, 2.45) is 0 Å². The molecule has 4 nitrogen and oxygen atoms in total. The molecule has 0 aliphatic heterocycles. The molecule has 2 aromatic rings. The zero-order valence-electron chi connectivity index (χ0n) is 14.6. The van der Waals surface area contributed by atoms with Crippen molar-refractivity contribution in [3.8, 4) is 0 Å². The third-order valence-corrected chi connectivity index (χ3v) is 4.84. The molecule has 24 heavy (non-hydrogen) atoms. The first kappa shape index (κ1) is 16.5. The number of aryl methyl sites for hydroxylation is 3. The number of nitrogens with one attached hydrogen (secondary N) is 2. The number of amides is 1. The van der Waals surface area contributed by atoms with Gasteiger partial charge < -0.3 is 10.3 Å². The van der Waals surface area contributed by atoms with Gasteiger partial charge in [-0.3, -0.25) is 9.59 Å². The number of carbonyl (C=O) groups excluding carboxylic acids is 2. The van der Waals surface area contributed by atoms with Gasteiger partial charge in [-0.25, -0.2) is 0 Å². The molecule has 4 heteroatoms. The van der Waals surface area contributed by atoms with Gasteiger partial charge in [-0.2, -0.15) is 0 Å². The Kier molecular flexibility index (Phi) is 4.56. The molecule has 1 aromatic carbocycles. The monoisotopic (exact) mass is 324 g/mol. The Balaban J connectivity index is 1.76. The molecule has 1 aromatic heterocycles. The highest BCUT2D eigenvalue weighted by molar-refractivity contribution is 6.02. The van der Waals surface area contributed by atoms with E-state index in [0.717, 1.165) is 29.7 Å². The molecule has 1 aliphatic carbocycles. The van der Waals surface area contributed by atoms with E-state index in [2.05, 4.69) is 28.5 Å². The van der Waals surface area contributed by atoms with Crippen molar-refractivity contribution in [1.82, 2.24) is 10.3 Å². The summed E-state index contributed by atoms with van der Waals surface area (Å²) >= 11 is 0. The molecule has 0 atom stereocenters. The highest BCUT2D eigenvalue weighted by Crippen LogP contribution is 2.23. The van der Waals surface area contributed by atoms with Crippen molar-refractivity contribution < 1.29 is 9.59 Å². The highest BCUT2D eigenvalue weighted by atomic mass is 16.2. The molecule has 2 N–H and O–H groups in total. The van der Waals surface area contributed by atoms with Gasteiger partial charge in [-0.15, -0.1) is 0 Å². The molecule has 0 fully saturated rings. The van der Waals surface area contributed by atoms with Gasteiger partial charge in [-0.05, 0) is 61.8 Å². The zero-order valence-corrected chi connectivity index (χ0v) is 14.6. The van der Waals surface area contributed by atoms with E-state index in [1.807, 2.05) is 13.8 Å². The van der Waals surface area contributed by atoms with Crippen molar-refractivity contribution in [3.05, 3.63) is 57.4 Å². The van der Waals surface area contributed by atoms with E-state index in [9.17, 15) is 9.59 Å². The average Bonchev–Trinajstić information content (AvgIpc) is 3.15. The summed E-state index contributed by atoms with van der Waals surface area (Å²) in [6, 6.07) is 6.46. The molecule has 0 unspecified atom stereocenters. The quantitative estimate of drug-likeness (QED) is 0.827. The number of rotatable bonds is 5.